The largest absolute Gasteiger partial charge is 0.431 e. The van der Waals surface area contributed by atoms with Crippen LogP contribution < -0.4 is 4.74 Å². The molecule has 0 fully saturated rings. The van der Waals surface area contributed by atoms with Gasteiger partial charge in [0, 0.05) is 11.1 Å². The zero-order chi connectivity index (χ0) is 15.0. The number of imidazole rings is 1. The van der Waals surface area contributed by atoms with Crippen molar-refractivity contribution in [2.45, 2.75) is 0 Å². The summed E-state index contributed by atoms with van der Waals surface area (Å²) in [5.41, 5.74) is 0.407. The smallest absolute Gasteiger partial charge is 0.392 e. The Kier molecular flexibility index (Phi) is 3.40. The van der Waals surface area contributed by atoms with Crippen molar-refractivity contribution in [3.05, 3.63) is 62.8 Å². The highest BCUT2D eigenvalue weighted by atomic mass is 35.5. The maximum atomic E-state index is 11.2. The molecule has 0 spiro atoms. The predicted octanol–water partition coefficient (Wildman–Crippen LogP) is 4.34. The molecule has 3 aromatic rings. The van der Waals surface area contributed by atoms with Crippen LogP contribution in [0.25, 0.3) is 5.65 Å². The molecule has 0 unspecified atom stereocenters. The SMILES string of the molecule is O=[N+]([O-])c1c(Oc2ccc(Cl)cc2Cl)nc2ccccn12. The van der Waals surface area contributed by atoms with E-state index in [-0.39, 0.29) is 22.5 Å². The van der Waals surface area contributed by atoms with Crippen LogP contribution in [0.3, 0.4) is 0 Å². The molecule has 21 heavy (non-hydrogen) atoms. The van der Waals surface area contributed by atoms with E-state index in [9.17, 15) is 10.1 Å². The van der Waals surface area contributed by atoms with Gasteiger partial charge in [-0.2, -0.15) is 9.38 Å². The first-order valence-corrected chi connectivity index (χ1v) is 6.56. The number of benzene rings is 1. The van der Waals surface area contributed by atoms with Crippen molar-refractivity contribution in [2.75, 3.05) is 0 Å². The average Bonchev–Trinajstić information content (AvgIpc) is 2.80. The molecular weight excluding hydrogens is 317 g/mol. The van der Waals surface area contributed by atoms with Crippen LogP contribution in [0.2, 0.25) is 10.0 Å². The summed E-state index contributed by atoms with van der Waals surface area (Å²) in [4.78, 5) is 14.8. The Morgan fingerprint density at radius 1 is 1.24 bits per heavy atom. The summed E-state index contributed by atoms with van der Waals surface area (Å²) in [7, 11) is 0. The molecule has 3 rings (SSSR count). The molecule has 0 amide bonds. The van der Waals surface area contributed by atoms with Gasteiger partial charge in [0.25, 0.3) is 0 Å². The number of rotatable bonds is 3. The van der Waals surface area contributed by atoms with Crippen LogP contribution in [-0.2, 0) is 0 Å². The van der Waals surface area contributed by atoms with E-state index < -0.39 is 4.92 Å². The molecule has 8 heteroatoms. The molecule has 106 valence electrons. The third kappa shape index (κ3) is 2.51. The molecule has 0 radical (unpaired) electrons. The molecule has 1 aromatic carbocycles. The van der Waals surface area contributed by atoms with Crippen LogP contribution in [-0.4, -0.2) is 14.3 Å². The minimum absolute atomic E-state index is 0.129. The van der Waals surface area contributed by atoms with E-state index in [4.69, 9.17) is 27.9 Å². The van der Waals surface area contributed by atoms with Gasteiger partial charge in [-0.3, -0.25) is 0 Å². The van der Waals surface area contributed by atoms with E-state index in [0.717, 1.165) is 0 Å². The second-order valence-corrected chi connectivity index (χ2v) is 4.95. The molecule has 0 saturated carbocycles. The fourth-order valence-corrected chi connectivity index (χ4v) is 2.31. The minimum atomic E-state index is -0.556. The highest BCUT2D eigenvalue weighted by Crippen LogP contribution is 2.35. The standard InChI is InChI=1S/C13H7Cl2N3O3/c14-8-4-5-10(9(15)7-8)21-12-13(18(19)20)17-6-2-1-3-11(17)16-12/h1-7H. The molecule has 2 heterocycles. The van der Waals surface area contributed by atoms with E-state index in [1.165, 1.54) is 22.7 Å². The van der Waals surface area contributed by atoms with Crippen LogP contribution in [0.5, 0.6) is 11.6 Å². The summed E-state index contributed by atoms with van der Waals surface area (Å²) < 4.78 is 6.81. The summed E-state index contributed by atoms with van der Waals surface area (Å²) in [5, 5.41) is 11.9. The fraction of sp³-hybridized carbons (Fsp3) is 0. The van der Waals surface area contributed by atoms with Gasteiger partial charge in [0.2, 0.25) is 5.65 Å². The molecule has 0 bridgehead atoms. The van der Waals surface area contributed by atoms with Crippen LogP contribution in [0.4, 0.5) is 5.82 Å². The first-order chi connectivity index (χ1) is 10.1. The number of hydrogen-bond donors (Lipinski definition) is 0. The predicted molar refractivity (Wildman–Crippen MR) is 78.4 cm³/mol. The zero-order valence-electron chi connectivity index (χ0n) is 10.4. The third-order valence-corrected chi connectivity index (χ3v) is 3.28. The number of nitrogens with zero attached hydrogens (tertiary/aromatic N) is 3. The number of aromatic nitrogens is 2. The Bertz CT molecular complexity index is 848. The normalized spacial score (nSPS) is 10.8. The van der Waals surface area contributed by atoms with Crippen molar-refractivity contribution in [3.8, 4) is 11.6 Å². The van der Waals surface area contributed by atoms with Gasteiger partial charge in [-0.1, -0.05) is 29.3 Å². The molecule has 6 nitrogen and oxygen atoms in total. The van der Waals surface area contributed by atoms with Gasteiger partial charge in [0.05, 0.1) is 11.2 Å². The minimum Gasteiger partial charge on any atom is -0.431 e. The number of fused-ring (bicyclic) bond motifs is 1. The van der Waals surface area contributed by atoms with Gasteiger partial charge in [0.15, 0.2) is 0 Å². The second-order valence-electron chi connectivity index (χ2n) is 4.10. The van der Waals surface area contributed by atoms with Gasteiger partial charge >= 0.3 is 11.7 Å². The van der Waals surface area contributed by atoms with E-state index in [1.807, 2.05) is 0 Å². The average molecular weight is 324 g/mol. The van der Waals surface area contributed by atoms with E-state index in [2.05, 4.69) is 4.98 Å². The van der Waals surface area contributed by atoms with Crippen molar-refractivity contribution in [1.82, 2.24) is 9.38 Å². The zero-order valence-corrected chi connectivity index (χ0v) is 11.9. The second kappa shape index (κ2) is 5.23. The van der Waals surface area contributed by atoms with Gasteiger partial charge < -0.3 is 14.9 Å². The lowest BCUT2D eigenvalue weighted by atomic mass is 10.3. The molecule has 0 aliphatic rings. The van der Waals surface area contributed by atoms with Crippen molar-refractivity contribution in [2.24, 2.45) is 0 Å². The van der Waals surface area contributed by atoms with E-state index in [0.29, 0.717) is 10.7 Å². The quantitative estimate of drug-likeness (QED) is 0.531. The van der Waals surface area contributed by atoms with Crippen LogP contribution in [0, 0.1) is 10.1 Å². The van der Waals surface area contributed by atoms with Gasteiger partial charge in [-0.15, -0.1) is 0 Å². The van der Waals surface area contributed by atoms with Gasteiger partial charge in [-0.05, 0) is 29.2 Å². The van der Waals surface area contributed by atoms with Crippen LogP contribution >= 0.6 is 23.2 Å². The number of hydrogen-bond acceptors (Lipinski definition) is 4. The molecular formula is C13H7Cl2N3O3. The maximum absolute atomic E-state index is 11.2. The van der Waals surface area contributed by atoms with Gasteiger partial charge in [-0.25, -0.2) is 0 Å². The lowest BCUT2D eigenvalue weighted by Gasteiger charge is -2.04. The molecule has 0 saturated heterocycles. The summed E-state index contributed by atoms with van der Waals surface area (Å²) in [5.74, 6) is -0.153. The Hall–Kier alpha value is -2.31. The van der Waals surface area contributed by atoms with E-state index in [1.54, 1.807) is 24.3 Å². The Morgan fingerprint density at radius 2 is 2.05 bits per heavy atom. The molecule has 0 atom stereocenters. The first-order valence-electron chi connectivity index (χ1n) is 5.80. The van der Waals surface area contributed by atoms with Crippen LogP contribution in [0.1, 0.15) is 0 Å². The summed E-state index contributed by atoms with van der Waals surface area (Å²) in [6, 6.07) is 9.62. The lowest BCUT2D eigenvalue weighted by molar-refractivity contribution is -0.391. The number of ether oxygens (including phenoxy) is 1. The molecule has 0 N–H and O–H groups in total. The molecule has 2 aromatic heterocycles. The van der Waals surface area contributed by atoms with Crippen molar-refractivity contribution in [3.63, 3.8) is 0 Å². The summed E-state index contributed by atoms with van der Waals surface area (Å²) >= 11 is 11.8. The number of nitro groups is 1. The highest BCUT2D eigenvalue weighted by Gasteiger charge is 2.25. The first kappa shape index (κ1) is 13.7. The van der Waals surface area contributed by atoms with Gasteiger partial charge in [0.1, 0.15) is 5.75 Å². The Balaban J connectivity index is 2.12. The van der Waals surface area contributed by atoms with Crippen LogP contribution in [0.15, 0.2) is 42.6 Å². The van der Waals surface area contributed by atoms with E-state index >= 15 is 0 Å². The Morgan fingerprint density at radius 3 is 2.76 bits per heavy atom. The van der Waals surface area contributed by atoms with Crippen molar-refractivity contribution in [1.29, 1.82) is 0 Å². The number of halogens is 2. The van der Waals surface area contributed by atoms with Crippen molar-refractivity contribution < 1.29 is 9.66 Å². The molecule has 0 aliphatic heterocycles. The highest BCUT2D eigenvalue weighted by molar-refractivity contribution is 6.35. The fourth-order valence-electron chi connectivity index (χ4n) is 1.86. The maximum Gasteiger partial charge on any atom is 0.392 e. The summed E-state index contributed by atoms with van der Waals surface area (Å²) in [6.07, 6.45) is 1.54. The monoisotopic (exact) mass is 323 g/mol. The number of pyridine rings is 1. The third-order valence-electron chi connectivity index (χ3n) is 2.75. The van der Waals surface area contributed by atoms with Crippen molar-refractivity contribution >= 4 is 34.7 Å². The topological polar surface area (TPSA) is 69.7 Å². The lowest BCUT2D eigenvalue weighted by Crippen LogP contribution is -1.96. The Labute approximate surface area is 128 Å². The molecule has 0 aliphatic carbocycles. The summed E-state index contributed by atoms with van der Waals surface area (Å²) in [6.45, 7) is 0.